The zero-order valence-electron chi connectivity index (χ0n) is 19.4. The maximum Gasteiger partial charge on any atom is 0.410 e. The molecule has 1 saturated heterocycles. The minimum Gasteiger partial charge on any atom is -0.444 e. The van der Waals surface area contributed by atoms with Crippen LogP contribution in [-0.4, -0.2) is 54.2 Å². The summed E-state index contributed by atoms with van der Waals surface area (Å²) in [5.74, 6) is 6.57. The number of hydrogen-bond acceptors (Lipinski definition) is 4. The van der Waals surface area contributed by atoms with Crippen LogP contribution in [0.15, 0.2) is 54.6 Å². The van der Waals surface area contributed by atoms with Gasteiger partial charge in [-0.3, -0.25) is 0 Å². The highest BCUT2D eigenvalue weighted by Gasteiger charge is 2.26. The lowest BCUT2D eigenvalue weighted by Crippen LogP contribution is -2.39. The maximum atomic E-state index is 12.3. The molecule has 0 aromatic heterocycles. The SMILES string of the molecule is CC(C)(C)OC(=O)N1CCCN(CCC#CC2(C#N)C=CC(c3ccccc3)C=C2)CC1. The summed E-state index contributed by atoms with van der Waals surface area (Å²) >= 11 is 0. The molecular formula is C27H33N3O2. The summed E-state index contributed by atoms with van der Waals surface area (Å²) in [7, 11) is 0. The van der Waals surface area contributed by atoms with Crippen molar-refractivity contribution in [2.45, 2.75) is 45.1 Å². The highest BCUT2D eigenvalue weighted by atomic mass is 16.6. The largest absolute Gasteiger partial charge is 0.444 e. The summed E-state index contributed by atoms with van der Waals surface area (Å²) in [6.07, 6.45) is 9.34. The predicted octanol–water partition coefficient (Wildman–Crippen LogP) is 4.74. The lowest BCUT2D eigenvalue weighted by molar-refractivity contribution is 0.0258. The summed E-state index contributed by atoms with van der Waals surface area (Å²) in [5.41, 5.74) is -0.114. The Bertz CT molecular complexity index is 927. The van der Waals surface area contributed by atoms with E-state index in [0.29, 0.717) is 19.5 Å². The van der Waals surface area contributed by atoms with Crippen molar-refractivity contribution in [1.82, 2.24) is 9.80 Å². The van der Waals surface area contributed by atoms with E-state index in [4.69, 9.17) is 4.74 Å². The van der Waals surface area contributed by atoms with Gasteiger partial charge < -0.3 is 14.5 Å². The van der Waals surface area contributed by atoms with E-state index in [-0.39, 0.29) is 12.0 Å². The van der Waals surface area contributed by atoms with E-state index in [0.717, 1.165) is 26.1 Å². The van der Waals surface area contributed by atoms with E-state index >= 15 is 0 Å². The van der Waals surface area contributed by atoms with E-state index < -0.39 is 11.0 Å². The number of rotatable bonds is 3. The molecule has 0 radical (unpaired) electrons. The summed E-state index contributed by atoms with van der Waals surface area (Å²) in [6.45, 7) is 9.62. The Kier molecular flexibility index (Phi) is 7.78. The predicted molar refractivity (Wildman–Crippen MR) is 127 cm³/mol. The first-order chi connectivity index (χ1) is 15.3. The van der Waals surface area contributed by atoms with Crippen LogP contribution in [0, 0.1) is 28.6 Å². The highest BCUT2D eigenvalue weighted by Crippen LogP contribution is 2.31. The molecule has 0 spiro atoms. The smallest absolute Gasteiger partial charge is 0.410 e. The molecule has 0 saturated carbocycles. The average molecular weight is 432 g/mol. The van der Waals surface area contributed by atoms with Gasteiger partial charge in [-0.05, 0) is 39.3 Å². The zero-order chi connectivity index (χ0) is 23.0. The Morgan fingerprint density at radius 1 is 1.12 bits per heavy atom. The van der Waals surface area contributed by atoms with Gasteiger partial charge in [0, 0.05) is 38.5 Å². The molecule has 5 nitrogen and oxygen atoms in total. The second kappa shape index (κ2) is 10.5. The van der Waals surface area contributed by atoms with Gasteiger partial charge >= 0.3 is 6.09 Å². The molecule has 1 aromatic carbocycles. The van der Waals surface area contributed by atoms with Crippen molar-refractivity contribution in [3.05, 3.63) is 60.2 Å². The maximum absolute atomic E-state index is 12.3. The monoisotopic (exact) mass is 431 g/mol. The van der Waals surface area contributed by atoms with Crippen LogP contribution in [0.2, 0.25) is 0 Å². The van der Waals surface area contributed by atoms with Crippen molar-refractivity contribution < 1.29 is 9.53 Å². The molecule has 0 unspecified atom stereocenters. The van der Waals surface area contributed by atoms with Gasteiger partial charge in [-0.15, -0.1) is 0 Å². The Hall–Kier alpha value is -3.02. The first-order valence-corrected chi connectivity index (χ1v) is 11.4. The number of benzene rings is 1. The summed E-state index contributed by atoms with van der Waals surface area (Å²) in [6, 6.07) is 12.6. The van der Waals surface area contributed by atoms with E-state index in [1.807, 2.05) is 51.1 Å². The fourth-order valence-electron chi connectivity index (χ4n) is 3.84. The molecule has 2 aliphatic rings. The zero-order valence-corrected chi connectivity index (χ0v) is 19.4. The molecule has 1 aliphatic carbocycles. The minimum atomic E-state index is -0.850. The molecule has 32 heavy (non-hydrogen) atoms. The van der Waals surface area contributed by atoms with Crippen molar-refractivity contribution in [1.29, 1.82) is 5.26 Å². The minimum absolute atomic E-state index is 0.185. The number of carbonyl (C=O) groups excluding carboxylic acids is 1. The van der Waals surface area contributed by atoms with E-state index in [2.05, 4.69) is 47.1 Å². The van der Waals surface area contributed by atoms with E-state index in [1.165, 1.54) is 5.56 Å². The van der Waals surface area contributed by atoms with Crippen LogP contribution in [0.4, 0.5) is 4.79 Å². The molecule has 0 bridgehead atoms. The highest BCUT2D eigenvalue weighted by molar-refractivity contribution is 5.68. The molecule has 0 atom stereocenters. The number of nitrogens with zero attached hydrogens (tertiary/aromatic N) is 3. The van der Waals surface area contributed by atoms with Crippen LogP contribution in [0.25, 0.3) is 0 Å². The van der Waals surface area contributed by atoms with Gasteiger partial charge in [0.15, 0.2) is 5.41 Å². The summed E-state index contributed by atoms with van der Waals surface area (Å²) < 4.78 is 5.50. The van der Waals surface area contributed by atoms with E-state index in [1.54, 1.807) is 4.90 Å². The number of carbonyl (C=O) groups is 1. The molecule has 168 valence electrons. The van der Waals surface area contributed by atoms with Crippen molar-refractivity contribution in [2.75, 3.05) is 32.7 Å². The third-order valence-corrected chi connectivity index (χ3v) is 5.59. The van der Waals surface area contributed by atoms with Crippen molar-refractivity contribution >= 4 is 6.09 Å². The lowest BCUT2D eigenvalue weighted by atomic mass is 9.81. The molecular weight excluding hydrogens is 398 g/mol. The topological polar surface area (TPSA) is 56.6 Å². The van der Waals surface area contributed by atoms with Crippen LogP contribution < -0.4 is 0 Å². The van der Waals surface area contributed by atoms with Gasteiger partial charge in [-0.25, -0.2) is 4.79 Å². The molecule has 1 heterocycles. The Labute approximate surface area is 192 Å². The van der Waals surface area contributed by atoms with E-state index in [9.17, 15) is 10.1 Å². The Morgan fingerprint density at radius 3 is 2.50 bits per heavy atom. The molecule has 1 amide bonds. The molecule has 5 heteroatoms. The average Bonchev–Trinajstić information content (AvgIpc) is 3.02. The Morgan fingerprint density at radius 2 is 1.84 bits per heavy atom. The number of allylic oxidation sites excluding steroid dienone is 4. The molecule has 3 rings (SSSR count). The Balaban J connectivity index is 1.49. The lowest BCUT2D eigenvalue weighted by Gasteiger charge is -2.26. The molecule has 0 N–H and O–H groups in total. The fraction of sp³-hybridized carbons (Fsp3) is 0.481. The van der Waals surface area contributed by atoms with Gasteiger partial charge in [-0.2, -0.15) is 5.26 Å². The van der Waals surface area contributed by atoms with Crippen LogP contribution >= 0.6 is 0 Å². The van der Waals surface area contributed by atoms with Gasteiger partial charge in [0.25, 0.3) is 0 Å². The third-order valence-electron chi connectivity index (χ3n) is 5.59. The second-order valence-corrected chi connectivity index (χ2v) is 9.35. The second-order valence-electron chi connectivity index (χ2n) is 9.35. The van der Waals surface area contributed by atoms with Crippen molar-refractivity contribution in [2.24, 2.45) is 5.41 Å². The number of amides is 1. The van der Waals surface area contributed by atoms with Crippen LogP contribution in [0.3, 0.4) is 0 Å². The quantitative estimate of drug-likeness (QED) is 0.512. The normalized spacial score (nSPS) is 23.6. The third kappa shape index (κ3) is 6.74. The molecule has 1 fully saturated rings. The van der Waals surface area contributed by atoms with Gasteiger partial charge in [0.2, 0.25) is 0 Å². The standard InChI is InChI=1S/C27H33N3O2/c1-26(2,3)32-25(31)30-19-9-18-29(20-21-30)17-8-7-14-27(22-28)15-12-24(13-16-27)23-10-5-4-6-11-23/h4-6,10-13,15-16,24H,8-9,17-21H2,1-3H3. The number of ether oxygens (including phenoxy) is 1. The fourth-order valence-corrected chi connectivity index (χ4v) is 3.84. The number of nitriles is 1. The van der Waals surface area contributed by atoms with Crippen molar-refractivity contribution in [3.8, 4) is 17.9 Å². The van der Waals surface area contributed by atoms with Gasteiger partial charge in [0.05, 0.1) is 6.07 Å². The summed E-state index contributed by atoms with van der Waals surface area (Å²) in [4.78, 5) is 16.4. The van der Waals surface area contributed by atoms with Gasteiger partial charge in [0.1, 0.15) is 5.60 Å². The van der Waals surface area contributed by atoms with Crippen molar-refractivity contribution in [3.63, 3.8) is 0 Å². The summed E-state index contributed by atoms with van der Waals surface area (Å²) in [5, 5.41) is 9.73. The van der Waals surface area contributed by atoms with Crippen LogP contribution in [0.1, 0.15) is 45.1 Å². The van der Waals surface area contributed by atoms with Crippen LogP contribution in [-0.2, 0) is 4.74 Å². The van der Waals surface area contributed by atoms with Crippen LogP contribution in [0.5, 0.6) is 0 Å². The first-order valence-electron chi connectivity index (χ1n) is 11.4. The molecule has 1 aliphatic heterocycles. The molecule has 1 aromatic rings. The van der Waals surface area contributed by atoms with Gasteiger partial charge in [-0.1, -0.05) is 66.5 Å². The number of hydrogen-bond donors (Lipinski definition) is 0. The first kappa shape index (κ1) is 23.6.